The molecule has 0 bridgehead atoms. The minimum absolute atomic E-state index is 0.348. The van der Waals surface area contributed by atoms with Crippen LogP contribution in [0.25, 0.3) is 0 Å². The van der Waals surface area contributed by atoms with Gasteiger partial charge in [-0.3, -0.25) is 0 Å². The van der Waals surface area contributed by atoms with Crippen LogP contribution in [0.4, 0.5) is 11.4 Å². The molecule has 3 aromatic carbocycles. The van der Waals surface area contributed by atoms with Crippen LogP contribution in [0, 0.1) is 0 Å². The number of para-hydroxylation sites is 1. The van der Waals surface area contributed by atoms with Crippen LogP contribution in [0.1, 0.15) is 18.4 Å². The van der Waals surface area contributed by atoms with Gasteiger partial charge in [0.15, 0.2) is 0 Å². The van der Waals surface area contributed by atoms with E-state index in [0.717, 1.165) is 36.8 Å². The predicted molar refractivity (Wildman–Crippen MR) is 123 cm³/mol. The lowest BCUT2D eigenvalue weighted by atomic mass is 10.2. The summed E-state index contributed by atoms with van der Waals surface area (Å²) >= 11 is 1.84. The molecule has 5 rings (SSSR count). The highest BCUT2D eigenvalue weighted by molar-refractivity contribution is 7.99. The molecule has 154 valence electrons. The van der Waals surface area contributed by atoms with Gasteiger partial charge in [0.2, 0.25) is 9.84 Å². The minimum atomic E-state index is -3.53. The molecule has 4 nitrogen and oxygen atoms in total. The molecule has 0 atom stereocenters. The fraction of sp³-hybridized carbons (Fsp3) is 0.250. The highest BCUT2D eigenvalue weighted by Crippen LogP contribution is 2.38. The number of sulfone groups is 1. The van der Waals surface area contributed by atoms with Gasteiger partial charge in [-0.2, -0.15) is 0 Å². The van der Waals surface area contributed by atoms with Gasteiger partial charge >= 0.3 is 0 Å². The summed E-state index contributed by atoms with van der Waals surface area (Å²) in [4.78, 5) is 6.59. The number of anilines is 2. The number of fused-ring (bicyclic) bond motifs is 1. The van der Waals surface area contributed by atoms with Crippen LogP contribution < -0.4 is 9.80 Å². The van der Waals surface area contributed by atoms with Crippen LogP contribution in [0.15, 0.2) is 87.5 Å². The van der Waals surface area contributed by atoms with Gasteiger partial charge in [0.25, 0.3) is 0 Å². The first-order chi connectivity index (χ1) is 14.6. The second-order valence-corrected chi connectivity index (χ2v) is 10.7. The molecule has 0 saturated carbocycles. The van der Waals surface area contributed by atoms with Gasteiger partial charge in [0, 0.05) is 30.2 Å². The van der Waals surface area contributed by atoms with E-state index in [9.17, 15) is 8.42 Å². The van der Waals surface area contributed by atoms with Gasteiger partial charge in [-0.1, -0.05) is 30.3 Å². The Balaban J connectivity index is 1.36. The highest BCUT2D eigenvalue weighted by Gasteiger charge is 2.22. The summed E-state index contributed by atoms with van der Waals surface area (Å²) in [5, 5.41) is 0. The van der Waals surface area contributed by atoms with Crippen molar-refractivity contribution >= 4 is 33.0 Å². The third-order valence-electron chi connectivity index (χ3n) is 5.79. The summed E-state index contributed by atoms with van der Waals surface area (Å²) in [5.41, 5.74) is 3.35. The molecule has 2 aliphatic heterocycles. The Hall–Kier alpha value is -2.44. The molecule has 0 amide bonds. The van der Waals surface area contributed by atoms with E-state index in [4.69, 9.17) is 0 Å². The van der Waals surface area contributed by atoms with E-state index in [1.54, 1.807) is 18.2 Å². The molecule has 1 saturated heterocycles. The molecule has 2 aliphatic rings. The molecular weight excluding hydrogens is 412 g/mol. The molecule has 0 aromatic heterocycles. The van der Waals surface area contributed by atoms with Crippen LogP contribution in [-0.2, 0) is 16.4 Å². The molecule has 0 radical (unpaired) electrons. The van der Waals surface area contributed by atoms with E-state index in [1.165, 1.54) is 23.4 Å². The Morgan fingerprint density at radius 2 is 1.60 bits per heavy atom. The van der Waals surface area contributed by atoms with E-state index >= 15 is 0 Å². The summed E-state index contributed by atoms with van der Waals surface area (Å²) < 4.78 is 26.4. The second-order valence-electron chi connectivity index (χ2n) is 7.78. The normalized spacial score (nSPS) is 16.1. The van der Waals surface area contributed by atoms with Gasteiger partial charge < -0.3 is 9.80 Å². The first-order valence-corrected chi connectivity index (χ1v) is 12.7. The number of nitrogens with zero attached hydrogens (tertiary/aromatic N) is 2. The SMILES string of the molecule is O=S(=O)(c1ccc(CN2CSc3ccccc32)cc1)c1cccc(N2CCCC2)c1. The van der Waals surface area contributed by atoms with Crippen molar-refractivity contribution in [3.05, 3.63) is 78.4 Å². The molecule has 1 fully saturated rings. The van der Waals surface area contributed by atoms with E-state index in [2.05, 4.69) is 34.1 Å². The zero-order valence-electron chi connectivity index (χ0n) is 16.7. The average Bonchev–Trinajstić information content (AvgIpc) is 3.45. The molecule has 0 unspecified atom stereocenters. The Kier molecular flexibility index (Phi) is 5.21. The van der Waals surface area contributed by atoms with Crippen molar-refractivity contribution < 1.29 is 8.42 Å². The smallest absolute Gasteiger partial charge is 0.206 e. The van der Waals surface area contributed by atoms with Crippen LogP contribution in [0.3, 0.4) is 0 Å². The molecular formula is C24H24N2O2S2. The molecule has 2 heterocycles. The lowest BCUT2D eigenvalue weighted by Gasteiger charge is -2.19. The van der Waals surface area contributed by atoms with Gasteiger partial charge in [0.1, 0.15) is 0 Å². The summed E-state index contributed by atoms with van der Waals surface area (Å²) in [6.45, 7) is 2.76. The Morgan fingerprint density at radius 1 is 0.833 bits per heavy atom. The van der Waals surface area contributed by atoms with E-state index < -0.39 is 9.84 Å². The lowest BCUT2D eigenvalue weighted by molar-refractivity contribution is 0.596. The largest absolute Gasteiger partial charge is 0.372 e. The number of hydrogen-bond acceptors (Lipinski definition) is 5. The lowest BCUT2D eigenvalue weighted by Crippen LogP contribution is -2.18. The number of rotatable bonds is 5. The monoisotopic (exact) mass is 436 g/mol. The van der Waals surface area contributed by atoms with E-state index in [0.29, 0.717) is 9.79 Å². The summed E-state index contributed by atoms with van der Waals surface area (Å²) in [6, 6.07) is 23.1. The van der Waals surface area contributed by atoms with Crippen molar-refractivity contribution in [2.45, 2.75) is 34.1 Å². The average molecular weight is 437 g/mol. The molecule has 3 aromatic rings. The Labute approximate surface area is 182 Å². The fourth-order valence-corrected chi connectivity index (χ4v) is 6.49. The topological polar surface area (TPSA) is 40.6 Å². The van der Waals surface area contributed by atoms with Crippen molar-refractivity contribution in [3.63, 3.8) is 0 Å². The third kappa shape index (κ3) is 3.70. The minimum Gasteiger partial charge on any atom is -0.372 e. The summed E-state index contributed by atoms with van der Waals surface area (Å²) in [6.07, 6.45) is 2.33. The molecule has 6 heteroatoms. The highest BCUT2D eigenvalue weighted by atomic mass is 32.2. The zero-order valence-corrected chi connectivity index (χ0v) is 18.3. The third-order valence-corrected chi connectivity index (χ3v) is 8.65. The van der Waals surface area contributed by atoms with Gasteiger partial charge in [0.05, 0.1) is 21.4 Å². The van der Waals surface area contributed by atoms with Crippen molar-refractivity contribution in [3.8, 4) is 0 Å². The van der Waals surface area contributed by atoms with Gasteiger partial charge in [-0.05, 0) is 60.9 Å². The van der Waals surface area contributed by atoms with Gasteiger partial charge in [-0.15, -0.1) is 11.8 Å². The molecule has 30 heavy (non-hydrogen) atoms. The van der Waals surface area contributed by atoms with Crippen molar-refractivity contribution in [1.82, 2.24) is 0 Å². The summed E-state index contributed by atoms with van der Waals surface area (Å²) in [7, 11) is -3.53. The maximum Gasteiger partial charge on any atom is 0.206 e. The fourth-order valence-electron chi connectivity index (χ4n) is 4.14. The zero-order chi connectivity index (χ0) is 20.6. The molecule has 0 aliphatic carbocycles. The Morgan fingerprint density at radius 3 is 2.40 bits per heavy atom. The van der Waals surface area contributed by atoms with Crippen LogP contribution in [0.5, 0.6) is 0 Å². The quantitative estimate of drug-likeness (QED) is 0.551. The second kappa shape index (κ2) is 8.00. The van der Waals surface area contributed by atoms with E-state index in [1.807, 2.05) is 42.1 Å². The first kappa shape index (κ1) is 19.5. The van der Waals surface area contributed by atoms with Crippen molar-refractivity contribution in [1.29, 1.82) is 0 Å². The number of hydrogen-bond donors (Lipinski definition) is 0. The van der Waals surface area contributed by atoms with Crippen LogP contribution in [-0.4, -0.2) is 27.4 Å². The van der Waals surface area contributed by atoms with Crippen molar-refractivity contribution in [2.24, 2.45) is 0 Å². The van der Waals surface area contributed by atoms with Gasteiger partial charge in [-0.25, -0.2) is 8.42 Å². The first-order valence-electron chi connectivity index (χ1n) is 10.3. The molecule has 0 N–H and O–H groups in total. The number of benzene rings is 3. The standard InChI is InChI=1S/C24H24N2O2S2/c27-30(28,22-7-5-6-20(16-22)25-14-3-4-15-25)21-12-10-19(11-13-21)17-26-18-29-24-9-2-1-8-23(24)26/h1-2,5-13,16H,3-4,14-15,17-18H2. The van der Waals surface area contributed by atoms with Crippen LogP contribution >= 0.6 is 11.8 Å². The maximum absolute atomic E-state index is 13.2. The Bertz CT molecular complexity index is 1150. The van der Waals surface area contributed by atoms with Crippen molar-refractivity contribution in [2.75, 3.05) is 28.8 Å². The summed E-state index contributed by atoms with van der Waals surface area (Å²) in [5.74, 6) is 0.919. The molecule has 0 spiro atoms. The number of thioether (sulfide) groups is 1. The predicted octanol–water partition coefficient (Wildman–Crippen LogP) is 5.19. The van der Waals surface area contributed by atoms with E-state index in [-0.39, 0.29) is 0 Å². The maximum atomic E-state index is 13.2. The van der Waals surface area contributed by atoms with Crippen LogP contribution in [0.2, 0.25) is 0 Å².